The Labute approximate surface area is 129 Å². The molecule has 2 rings (SSSR count). The van der Waals surface area contributed by atoms with Crippen LogP contribution in [-0.2, 0) is 4.79 Å². The molecule has 0 aromatic heterocycles. The van der Waals surface area contributed by atoms with Gasteiger partial charge in [-0.2, -0.15) is 0 Å². The highest BCUT2D eigenvalue weighted by Gasteiger charge is 2.06. The second kappa shape index (κ2) is 6.76. The van der Waals surface area contributed by atoms with E-state index >= 15 is 0 Å². The molecule has 0 saturated carbocycles. The van der Waals surface area contributed by atoms with Crippen LogP contribution in [0.2, 0.25) is 0 Å². The Morgan fingerprint density at radius 1 is 1.05 bits per heavy atom. The molecule has 2 aromatic rings. The number of rotatable bonds is 5. The third kappa shape index (κ3) is 3.85. The Balaban J connectivity index is 1.92. The number of nitrogens with one attached hydrogen (secondary N) is 2. The molecule has 4 N–H and O–H groups in total. The minimum absolute atomic E-state index is 0.132. The number of benzene rings is 2. The summed E-state index contributed by atoms with van der Waals surface area (Å²) in [5, 5.41) is 5.88. The summed E-state index contributed by atoms with van der Waals surface area (Å²) in [4.78, 5) is 23.0. The van der Waals surface area contributed by atoms with Gasteiger partial charge in [0.15, 0.2) is 0 Å². The van der Waals surface area contributed by atoms with E-state index in [-0.39, 0.29) is 12.5 Å². The largest absolute Gasteiger partial charge is 0.376 e. The molecule has 0 radical (unpaired) electrons. The summed E-state index contributed by atoms with van der Waals surface area (Å²) in [5.41, 5.74) is 9.37. The fourth-order valence-corrected chi connectivity index (χ4v) is 2.02. The van der Waals surface area contributed by atoms with Gasteiger partial charge in [-0.25, -0.2) is 0 Å². The Morgan fingerprint density at radius 3 is 2.36 bits per heavy atom. The fourth-order valence-electron chi connectivity index (χ4n) is 2.02. The molecule has 5 nitrogen and oxygen atoms in total. The Kier molecular flexibility index (Phi) is 4.78. The summed E-state index contributed by atoms with van der Waals surface area (Å²) < 4.78 is 0. The Hall–Kier alpha value is -2.82. The van der Waals surface area contributed by atoms with Crippen LogP contribution in [-0.4, -0.2) is 18.4 Å². The van der Waals surface area contributed by atoms with Gasteiger partial charge in [0.2, 0.25) is 11.8 Å². The SMILES string of the molecule is Cc1cccc(NC(=O)CNc2ccc(C(N)=O)cc2)c1C. The van der Waals surface area contributed by atoms with Crippen molar-refractivity contribution >= 4 is 23.2 Å². The van der Waals surface area contributed by atoms with Crippen molar-refractivity contribution in [2.45, 2.75) is 13.8 Å². The van der Waals surface area contributed by atoms with Crippen LogP contribution in [0.4, 0.5) is 11.4 Å². The highest BCUT2D eigenvalue weighted by atomic mass is 16.2. The summed E-state index contributed by atoms with van der Waals surface area (Å²) in [6.07, 6.45) is 0. The first kappa shape index (κ1) is 15.6. The van der Waals surface area contributed by atoms with Crippen molar-refractivity contribution in [3.63, 3.8) is 0 Å². The molecule has 0 aliphatic carbocycles. The second-order valence-corrected chi connectivity index (χ2v) is 5.09. The highest BCUT2D eigenvalue weighted by Crippen LogP contribution is 2.17. The lowest BCUT2D eigenvalue weighted by Gasteiger charge is -2.11. The molecular formula is C17H19N3O2. The minimum Gasteiger partial charge on any atom is -0.376 e. The van der Waals surface area contributed by atoms with Crippen LogP contribution in [0.15, 0.2) is 42.5 Å². The van der Waals surface area contributed by atoms with Crippen molar-refractivity contribution in [1.29, 1.82) is 0 Å². The lowest BCUT2D eigenvalue weighted by atomic mass is 10.1. The molecule has 0 heterocycles. The van der Waals surface area contributed by atoms with Crippen molar-refractivity contribution < 1.29 is 9.59 Å². The van der Waals surface area contributed by atoms with Gasteiger partial charge in [-0.15, -0.1) is 0 Å². The number of carbonyl (C=O) groups is 2. The van der Waals surface area contributed by atoms with Gasteiger partial charge in [0, 0.05) is 16.9 Å². The predicted molar refractivity (Wildman–Crippen MR) is 88.0 cm³/mol. The van der Waals surface area contributed by atoms with E-state index in [1.54, 1.807) is 24.3 Å². The normalized spacial score (nSPS) is 10.1. The number of primary amides is 1. The third-order valence-corrected chi connectivity index (χ3v) is 3.50. The van der Waals surface area contributed by atoms with Crippen LogP contribution < -0.4 is 16.4 Å². The number of amides is 2. The number of carbonyl (C=O) groups excluding carboxylic acids is 2. The second-order valence-electron chi connectivity index (χ2n) is 5.09. The molecule has 22 heavy (non-hydrogen) atoms. The van der Waals surface area contributed by atoms with Gasteiger partial charge in [0.25, 0.3) is 0 Å². The van der Waals surface area contributed by atoms with Crippen LogP contribution in [0.1, 0.15) is 21.5 Å². The van der Waals surface area contributed by atoms with Gasteiger partial charge in [-0.3, -0.25) is 9.59 Å². The number of nitrogens with two attached hydrogens (primary N) is 1. The van der Waals surface area contributed by atoms with E-state index < -0.39 is 5.91 Å². The first-order valence-corrected chi connectivity index (χ1v) is 6.97. The monoisotopic (exact) mass is 297 g/mol. The lowest BCUT2D eigenvalue weighted by molar-refractivity contribution is -0.114. The Morgan fingerprint density at radius 2 is 1.73 bits per heavy atom. The van der Waals surface area contributed by atoms with Gasteiger partial charge in [0.05, 0.1) is 6.54 Å². The van der Waals surface area contributed by atoms with E-state index in [9.17, 15) is 9.59 Å². The first-order valence-electron chi connectivity index (χ1n) is 6.97. The van der Waals surface area contributed by atoms with Crippen LogP contribution in [0.5, 0.6) is 0 Å². The van der Waals surface area contributed by atoms with Crippen molar-refractivity contribution in [2.24, 2.45) is 5.73 Å². The van der Waals surface area contributed by atoms with Crippen LogP contribution in [0, 0.1) is 13.8 Å². The smallest absolute Gasteiger partial charge is 0.248 e. The van der Waals surface area contributed by atoms with Crippen LogP contribution in [0.25, 0.3) is 0 Å². The molecule has 2 aromatic carbocycles. The third-order valence-electron chi connectivity index (χ3n) is 3.50. The molecule has 0 fully saturated rings. The first-order chi connectivity index (χ1) is 10.5. The van der Waals surface area contributed by atoms with E-state index in [2.05, 4.69) is 10.6 Å². The standard InChI is InChI=1S/C17H19N3O2/c1-11-4-3-5-15(12(11)2)20-16(21)10-19-14-8-6-13(7-9-14)17(18)22/h3-9,19H,10H2,1-2H3,(H2,18,22)(H,20,21). The summed E-state index contributed by atoms with van der Waals surface area (Å²) in [7, 11) is 0. The average Bonchev–Trinajstić information content (AvgIpc) is 2.50. The number of hydrogen-bond donors (Lipinski definition) is 3. The van der Waals surface area contributed by atoms with Crippen molar-refractivity contribution in [3.05, 3.63) is 59.2 Å². The minimum atomic E-state index is -0.473. The van der Waals surface area contributed by atoms with Gasteiger partial charge in [0.1, 0.15) is 0 Å². The Bertz CT molecular complexity index is 694. The summed E-state index contributed by atoms with van der Waals surface area (Å²) in [6, 6.07) is 12.5. The van der Waals surface area contributed by atoms with E-state index in [4.69, 9.17) is 5.73 Å². The lowest BCUT2D eigenvalue weighted by Crippen LogP contribution is -2.22. The molecular weight excluding hydrogens is 278 g/mol. The zero-order valence-electron chi connectivity index (χ0n) is 12.6. The average molecular weight is 297 g/mol. The maximum absolute atomic E-state index is 12.0. The van der Waals surface area contributed by atoms with E-state index in [1.807, 2.05) is 32.0 Å². The van der Waals surface area contributed by atoms with E-state index in [1.165, 1.54) is 0 Å². The molecule has 114 valence electrons. The van der Waals surface area contributed by atoms with Gasteiger partial charge >= 0.3 is 0 Å². The molecule has 0 saturated heterocycles. The molecule has 2 amide bonds. The summed E-state index contributed by atoms with van der Waals surface area (Å²) in [5.74, 6) is -0.605. The van der Waals surface area contributed by atoms with E-state index in [0.717, 1.165) is 22.5 Å². The van der Waals surface area contributed by atoms with Crippen molar-refractivity contribution in [2.75, 3.05) is 17.2 Å². The number of hydrogen-bond acceptors (Lipinski definition) is 3. The molecule has 0 unspecified atom stereocenters. The summed E-state index contributed by atoms with van der Waals surface area (Å²) >= 11 is 0. The van der Waals surface area contributed by atoms with E-state index in [0.29, 0.717) is 5.56 Å². The van der Waals surface area contributed by atoms with Crippen LogP contribution >= 0.6 is 0 Å². The van der Waals surface area contributed by atoms with Gasteiger partial charge < -0.3 is 16.4 Å². The van der Waals surface area contributed by atoms with Gasteiger partial charge in [-0.05, 0) is 55.3 Å². The molecule has 0 spiro atoms. The molecule has 0 aliphatic rings. The van der Waals surface area contributed by atoms with Gasteiger partial charge in [-0.1, -0.05) is 12.1 Å². The topological polar surface area (TPSA) is 84.2 Å². The maximum atomic E-state index is 12.0. The molecule has 0 bridgehead atoms. The molecule has 0 aliphatic heterocycles. The van der Waals surface area contributed by atoms with Crippen molar-refractivity contribution in [3.8, 4) is 0 Å². The zero-order chi connectivity index (χ0) is 16.1. The molecule has 5 heteroatoms. The maximum Gasteiger partial charge on any atom is 0.248 e. The predicted octanol–water partition coefficient (Wildman–Crippen LogP) is 2.45. The fraction of sp³-hybridized carbons (Fsp3) is 0.176. The number of aryl methyl sites for hydroxylation is 1. The summed E-state index contributed by atoms with van der Waals surface area (Å²) in [6.45, 7) is 4.12. The quantitative estimate of drug-likeness (QED) is 0.792. The highest BCUT2D eigenvalue weighted by molar-refractivity contribution is 5.95. The van der Waals surface area contributed by atoms with Crippen molar-refractivity contribution in [1.82, 2.24) is 0 Å². The molecule has 0 atom stereocenters. The number of anilines is 2. The zero-order valence-corrected chi connectivity index (χ0v) is 12.6. The van der Waals surface area contributed by atoms with Crippen LogP contribution in [0.3, 0.4) is 0 Å².